The number of hydrogen-bond donors (Lipinski definition) is 2. The number of carboxylic acid groups (broad SMARTS) is 1. The third-order valence-electron chi connectivity index (χ3n) is 2.69. The van der Waals surface area contributed by atoms with Gasteiger partial charge in [-0.05, 0) is 12.5 Å². The minimum atomic E-state index is -0.773. The third-order valence-corrected chi connectivity index (χ3v) is 2.69. The van der Waals surface area contributed by atoms with Crippen molar-refractivity contribution >= 4 is 11.7 Å². The molecule has 2 rings (SSSR count). The van der Waals surface area contributed by atoms with Crippen LogP contribution in [-0.4, -0.2) is 23.7 Å². The number of para-hydroxylation sites is 1. The molecule has 4 heteroatoms. The molecule has 1 unspecified atom stereocenters. The summed E-state index contributed by atoms with van der Waals surface area (Å²) in [6.07, 6.45) is 0.683. The van der Waals surface area contributed by atoms with Crippen LogP contribution in [0.1, 0.15) is 18.4 Å². The monoisotopic (exact) mass is 221 g/mol. The highest BCUT2D eigenvalue weighted by Gasteiger charge is 2.16. The number of anilines is 1. The summed E-state index contributed by atoms with van der Waals surface area (Å²) in [5, 5.41) is 11.9. The lowest BCUT2D eigenvalue weighted by Crippen LogP contribution is -2.21. The van der Waals surface area contributed by atoms with Gasteiger partial charge in [0.15, 0.2) is 0 Å². The van der Waals surface area contributed by atoms with E-state index in [1.54, 1.807) is 0 Å². The van der Waals surface area contributed by atoms with Gasteiger partial charge < -0.3 is 15.2 Å². The highest BCUT2D eigenvalue weighted by atomic mass is 16.5. The predicted octanol–water partition coefficient (Wildman–Crippen LogP) is 1.86. The van der Waals surface area contributed by atoms with Crippen LogP contribution in [-0.2, 0) is 16.1 Å². The highest BCUT2D eigenvalue weighted by molar-refractivity contribution is 5.66. The molecule has 1 heterocycles. The van der Waals surface area contributed by atoms with Gasteiger partial charge in [-0.15, -0.1) is 0 Å². The van der Waals surface area contributed by atoms with E-state index in [0.717, 1.165) is 11.3 Å². The first-order valence-electron chi connectivity index (χ1n) is 5.41. The first-order chi connectivity index (χ1) is 7.75. The molecule has 0 aromatic heterocycles. The maximum absolute atomic E-state index is 10.5. The Morgan fingerprint density at radius 1 is 1.50 bits per heavy atom. The summed E-state index contributed by atoms with van der Waals surface area (Å²) in [4.78, 5) is 10.5. The Kier molecular flexibility index (Phi) is 3.41. The van der Waals surface area contributed by atoms with Crippen LogP contribution in [0, 0.1) is 0 Å². The predicted molar refractivity (Wildman–Crippen MR) is 60.4 cm³/mol. The molecule has 0 bridgehead atoms. The van der Waals surface area contributed by atoms with Crippen LogP contribution < -0.4 is 5.32 Å². The molecule has 1 aliphatic rings. The largest absolute Gasteiger partial charge is 0.481 e. The van der Waals surface area contributed by atoms with Crippen LogP contribution in [0.5, 0.6) is 0 Å². The van der Waals surface area contributed by atoms with Crippen LogP contribution in [0.15, 0.2) is 24.3 Å². The van der Waals surface area contributed by atoms with Crippen LogP contribution in [0.25, 0.3) is 0 Å². The molecule has 1 atom stereocenters. The third kappa shape index (κ3) is 2.73. The maximum atomic E-state index is 10.5. The lowest BCUT2D eigenvalue weighted by Gasteiger charge is -2.13. The quantitative estimate of drug-likeness (QED) is 0.818. The molecule has 1 aliphatic heterocycles. The fraction of sp³-hybridized carbons (Fsp3) is 0.417. The van der Waals surface area contributed by atoms with E-state index in [4.69, 9.17) is 9.84 Å². The normalized spacial score (nSPS) is 19.4. The Labute approximate surface area is 94.2 Å². The number of ether oxygens (including phenoxy) is 1. The SMILES string of the molecule is O=C(O)CCC1CNc2ccccc2CO1. The van der Waals surface area contributed by atoms with E-state index in [2.05, 4.69) is 5.32 Å². The number of nitrogens with one attached hydrogen (secondary N) is 1. The number of carboxylic acids is 1. The number of rotatable bonds is 3. The second-order valence-electron chi connectivity index (χ2n) is 3.90. The molecule has 0 aliphatic carbocycles. The van der Waals surface area contributed by atoms with Crippen molar-refractivity contribution in [2.24, 2.45) is 0 Å². The zero-order valence-corrected chi connectivity index (χ0v) is 8.98. The molecule has 16 heavy (non-hydrogen) atoms. The van der Waals surface area contributed by atoms with E-state index in [1.807, 2.05) is 24.3 Å². The number of benzene rings is 1. The number of carbonyl (C=O) groups is 1. The number of aliphatic carboxylic acids is 1. The maximum Gasteiger partial charge on any atom is 0.303 e. The first-order valence-corrected chi connectivity index (χ1v) is 5.41. The van der Waals surface area contributed by atoms with Gasteiger partial charge >= 0.3 is 5.97 Å². The Hall–Kier alpha value is -1.55. The van der Waals surface area contributed by atoms with Crippen molar-refractivity contribution in [1.82, 2.24) is 0 Å². The molecule has 0 saturated carbocycles. The summed E-state index contributed by atoms with van der Waals surface area (Å²) in [5.41, 5.74) is 2.21. The molecular weight excluding hydrogens is 206 g/mol. The Morgan fingerprint density at radius 3 is 3.12 bits per heavy atom. The lowest BCUT2D eigenvalue weighted by molar-refractivity contribution is -0.137. The summed E-state index contributed by atoms with van der Waals surface area (Å²) in [6, 6.07) is 7.98. The summed E-state index contributed by atoms with van der Waals surface area (Å²) >= 11 is 0. The molecule has 1 aromatic carbocycles. The van der Waals surface area contributed by atoms with Crippen LogP contribution in [0.4, 0.5) is 5.69 Å². The van der Waals surface area contributed by atoms with Crippen molar-refractivity contribution in [2.45, 2.75) is 25.6 Å². The van der Waals surface area contributed by atoms with Gasteiger partial charge in [-0.25, -0.2) is 0 Å². The molecule has 1 aromatic rings. The van der Waals surface area contributed by atoms with Crippen LogP contribution >= 0.6 is 0 Å². The topological polar surface area (TPSA) is 58.6 Å². The minimum absolute atomic E-state index is 0.0245. The van der Waals surface area contributed by atoms with Gasteiger partial charge in [0, 0.05) is 24.2 Å². The fourth-order valence-corrected chi connectivity index (χ4v) is 1.78. The molecule has 0 saturated heterocycles. The second-order valence-corrected chi connectivity index (χ2v) is 3.90. The Balaban J connectivity index is 1.94. The van der Waals surface area contributed by atoms with Gasteiger partial charge in [0.05, 0.1) is 12.7 Å². The molecule has 0 fully saturated rings. The smallest absolute Gasteiger partial charge is 0.303 e. The van der Waals surface area contributed by atoms with E-state index in [0.29, 0.717) is 19.6 Å². The molecule has 0 radical (unpaired) electrons. The van der Waals surface area contributed by atoms with E-state index in [-0.39, 0.29) is 12.5 Å². The zero-order valence-electron chi connectivity index (χ0n) is 8.98. The highest BCUT2D eigenvalue weighted by Crippen LogP contribution is 2.21. The summed E-state index contributed by atoms with van der Waals surface area (Å²) in [6.45, 7) is 1.22. The average Bonchev–Trinajstić information content (AvgIpc) is 2.49. The van der Waals surface area contributed by atoms with Crippen molar-refractivity contribution in [3.8, 4) is 0 Å². The molecule has 0 amide bonds. The van der Waals surface area contributed by atoms with Crippen molar-refractivity contribution < 1.29 is 14.6 Å². The summed E-state index contributed by atoms with van der Waals surface area (Å²) in [5.74, 6) is -0.773. The molecule has 0 spiro atoms. The van der Waals surface area contributed by atoms with Gasteiger partial charge in [0.1, 0.15) is 0 Å². The van der Waals surface area contributed by atoms with Crippen molar-refractivity contribution in [3.05, 3.63) is 29.8 Å². The fourth-order valence-electron chi connectivity index (χ4n) is 1.78. The summed E-state index contributed by atoms with van der Waals surface area (Å²) in [7, 11) is 0. The van der Waals surface area contributed by atoms with E-state index in [9.17, 15) is 4.79 Å². The number of hydrogen-bond acceptors (Lipinski definition) is 3. The zero-order chi connectivity index (χ0) is 11.4. The average molecular weight is 221 g/mol. The molecule has 4 nitrogen and oxygen atoms in total. The van der Waals surface area contributed by atoms with Gasteiger partial charge in [0.25, 0.3) is 0 Å². The van der Waals surface area contributed by atoms with Crippen LogP contribution in [0.2, 0.25) is 0 Å². The van der Waals surface area contributed by atoms with Crippen molar-refractivity contribution in [2.75, 3.05) is 11.9 Å². The van der Waals surface area contributed by atoms with Gasteiger partial charge in [-0.1, -0.05) is 18.2 Å². The van der Waals surface area contributed by atoms with Gasteiger partial charge in [-0.3, -0.25) is 4.79 Å². The lowest BCUT2D eigenvalue weighted by atomic mass is 10.2. The van der Waals surface area contributed by atoms with Crippen molar-refractivity contribution in [3.63, 3.8) is 0 Å². The van der Waals surface area contributed by atoms with Gasteiger partial charge in [0.2, 0.25) is 0 Å². The van der Waals surface area contributed by atoms with Crippen LogP contribution in [0.3, 0.4) is 0 Å². The molecule has 2 N–H and O–H groups in total. The van der Waals surface area contributed by atoms with Gasteiger partial charge in [-0.2, -0.15) is 0 Å². The standard InChI is InChI=1S/C12H15NO3/c14-12(15)6-5-10-7-13-11-4-2-1-3-9(11)8-16-10/h1-4,10,13H,5-8H2,(H,14,15). The van der Waals surface area contributed by atoms with E-state index in [1.165, 1.54) is 0 Å². The first kappa shape index (κ1) is 11.0. The van der Waals surface area contributed by atoms with E-state index < -0.39 is 5.97 Å². The van der Waals surface area contributed by atoms with Crippen molar-refractivity contribution in [1.29, 1.82) is 0 Å². The molecule has 86 valence electrons. The number of fused-ring (bicyclic) bond motifs is 1. The Bertz CT molecular complexity index is 351. The minimum Gasteiger partial charge on any atom is -0.481 e. The Morgan fingerprint density at radius 2 is 2.31 bits per heavy atom. The summed E-state index contributed by atoms with van der Waals surface area (Å²) < 4.78 is 5.65. The van der Waals surface area contributed by atoms with E-state index >= 15 is 0 Å². The second kappa shape index (κ2) is 4.99. The molecular formula is C12H15NO3.